The monoisotopic (exact) mass is 492 g/mol. The van der Waals surface area contributed by atoms with Crippen LogP contribution in [0, 0.1) is 0 Å². The smallest absolute Gasteiger partial charge is 0.192 e. The largest absolute Gasteiger partial charge is 0.493 e. The zero-order valence-electron chi connectivity index (χ0n) is 22.4. The molecule has 2 aliphatic rings. The van der Waals surface area contributed by atoms with E-state index in [2.05, 4.69) is 50.9 Å². The van der Waals surface area contributed by atoms with Crippen LogP contribution in [0.15, 0.2) is 18.2 Å². The Morgan fingerprint density at radius 1 is 1.06 bits per heavy atom. The second kappa shape index (κ2) is 12.2. The Labute approximate surface area is 208 Å². The molecular formula is C27H48N2O4Si. The van der Waals surface area contributed by atoms with Crippen molar-refractivity contribution in [3.63, 3.8) is 0 Å². The average Bonchev–Trinajstić information content (AvgIpc) is 3.25. The second-order valence-corrected chi connectivity index (χ2v) is 16.2. The Morgan fingerprint density at radius 2 is 1.82 bits per heavy atom. The van der Waals surface area contributed by atoms with Gasteiger partial charge in [0.05, 0.1) is 25.9 Å². The molecule has 194 valence electrons. The molecule has 34 heavy (non-hydrogen) atoms. The van der Waals surface area contributed by atoms with E-state index in [1.54, 1.807) is 7.11 Å². The van der Waals surface area contributed by atoms with Crippen LogP contribution in [-0.4, -0.2) is 71.4 Å². The summed E-state index contributed by atoms with van der Waals surface area (Å²) < 4.78 is 24.4. The normalized spacial score (nSPS) is 24.4. The van der Waals surface area contributed by atoms with Crippen LogP contribution < -0.4 is 15.2 Å². The van der Waals surface area contributed by atoms with E-state index in [-0.39, 0.29) is 5.04 Å². The summed E-state index contributed by atoms with van der Waals surface area (Å²) in [6.45, 7) is 15.6. The van der Waals surface area contributed by atoms with E-state index in [1.165, 1.54) is 24.8 Å². The number of nitrogens with two attached hydrogens (primary N) is 1. The Kier molecular flexibility index (Phi) is 9.87. The van der Waals surface area contributed by atoms with Gasteiger partial charge in [0.25, 0.3) is 0 Å². The number of hydrogen-bond acceptors (Lipinski definition) is 6. The van der Waals surface area contributed by atoms with E-state index in [1.807, 2.05) is 6.07 Å². The first-order valence-corrected chi connectivity index (χ1v) is 16.1. The molecular weight excluding hydrogens is 444 g/mol. The van der Waals surface area contributed by atoms with Crippen molar-refractivity contribution in [3.05, 3.63) is 23.8 Å². The van der Waals surface area contributed by atoms with Crippen LogP contribution in [0.5, 0.6) is 11.5 Å². The number of nitrogens with zero attached hydrogens (tertiary/aromatic N) is 1. The van der Waals surface area contributed by atoms with Gasteiger partial charge >= 0.3 is 0 Å². The summed E-state index contributed by atoms with van der Waals surface area (Å²) in [5.74, 6) is 1.50. The third-order valence-corrected chi connectivity index (χ3v) is 12.4. The van der Waals surface area contributed by atoms with Crippen LogP contribution in [0.1, 0.15) is 58.4 Å². The highest BCUT2D eigenvalue weighted by Crippen LogP contribution is 2.39. The Balaban J connectivity index is 1.52. The van der Waals surface area contributed by atoms with Gasteiger partial charge in [-0.05, 0) is 61.5 Å². The molecule has 1 heterocycles. The maximum absolute atomic E-state index is 6.74. The molecule has 7 heteroatoms. The predicted octanol–water partition coefficient (Wildman–Crippen LogP) is 5.00. The number of ether oxygens (including phenoxy) is 3. The van der Waals surface area contributed by atoms with Crippen molar-refractivity contribution >= 4 is 8.32 Å². The van der Waals surface area contributed by atoms with Gasteiger partial charge in [0.1, 0.15) is 6.61 Å². The van der Waals surface area contributed by atoms with E-state index in [0.29, 0.717) is 31.4 Å². The van der Waals surface area contributed by atoms with Crippen LogP contribution in [0.2, 0.25) is 18.1 Å². The van der Waals surface area contributed by atoms with Crippen LogP contribution in [0.25, 0.3) is 0 Å². The molecule has 2 N–H and O–H groups in total. The van der Waals surface area contributed by atoms with Crippen molar-refractivity contribution < 1.29 is 18.6 Å². The minimum Gasteiger partial charge on any atom is -0.493 e. The predicted molar refractivity (Wildman–Crippen MR) is 142 cm³/mol. The molecule has 1 aliphatic heterocycles. The minimum absolute atomic E-state index is 0.258. The third-order valence-electron chi connectivity index (χ3n) is 7.91. The molecule has 3 rings (SSSR count). The molecule has 0 spiro atoms. The summed E-state index contributed by atoms with van der Waals surface area (Å²) in [4.78, 5) is 2.66. The third kappa shape index (κ3) is 7.20. The molecule has 1 saturated heterocycles. The molecule has 0 aromatic heterocycles. The van der Waals surface area contributed by atoms with Gasteiger partial charge in [-0.2, -0.15) is 0 Å². The average molecular weight is 493 g/mol. The van der Waals surface area contributed by atoms with Crippen LogP contribution in [0.3, 0.4) is 0 Å². The first-order chi connectivity index (χ1) is 16.1. The molecule has 1 aromatic rings. The number of methoxy groups -OCH3 is 1. The maximum atomic E-state index is 6.74. The van der Waals surface area contributed by atoms with Gasteiger partial charge in [-0.3, -0.25) is 4.90 Å². The fraction of sp³-hybridized carbons (Fsp3) is 0.778. The van der Waals surface area contributed by atoms with Crippen molar-refractivity contribution in [2.75, 3.05) is 40.0 Å². The van der Waals surface area contributed by atoms with Crippen molar-refractivity contribution in [1.82, 2.24) is 4.90 Å². The van der Waals surface area contributed by atoms with Gasteiger partial charge in [0, 0.05) is 25.7 Å². The highest BCUT2D eigenvalue weighted by Gasteiger charge is 2.42. The van der Waals surface area contributed by atoms with E-state index < -0.39 is 8.32 Å². The topological polar surface area (TPSA) is 66.2 Å². The first-order valence-electron chi connectivity index (χ1n) is 13.2. The Hall–Kier alpha value is -1.12. The zero-order chi connectivity index (χ0) is 24.8. The van der Waals surface area contributed by atoms with Gasteiger partial charge in [0.15, 0.2) is 19.8 Å². The molecule has 3 atom stereocenters. The molecule has 2 fully saturated rings. The standard InChI is InChI=1S/C27H48N2O4Si/c1-27(2,3)34(5,6)33-22-13-16-29(20-22)23-9-7-8-10-24(23)31-17-14-21-11-12-25(32-18-15-28)26(19-21)30-4/h11-12,19,22-24H,7-10,13-18,20,28H2,1-6H3/t22-,23?,24-/m0/s1. The quantitative estimate of drug-likeness (QED) is 0.439. The summed E-state index contributed by atoms with van der Waals surface area (Å²) in [6, 6.07) is 6.64. The molecule has 1 saturated carbocycles. The van der Waals surface area contributed by atoms with Crippen LogP contribution in [0.4, 0.5) is 0 Å². The van der Waals surface area contributed by atoms with E-state index in [9.17, 15) is 0 Å². The summed E-state index contributed by atoms with van der Waals surface area (Å²) >= 11 is 0. The summed E-state index contributed by atoms with van der Waals surface area (Å²) in [5.41, 5.74) is 6.75. The lowest BCUT2D eigenvalue weighted by Crippen LogP contribution is -2.48. The fourth-order valence-corrected chi connectivity index (χ4v) is 6.30. The number of likely N-dealkylation sites (tertiary alicyclic amines) is 1. The van der Waals surface area contributed by atoms with Gasteiger partial charge in [-0.25, -0.2) is 0 Å². The SMILES string of the molecule is COc1cc(CCO[C@H]2CCCCC2N2CC[C@H](O[Si](C)(C)C(C)(C)C)C2)ccc1OCCN. The molecule has 0 radical (unpaired) electrons. The van der Waals surface area contributed by atoms with E-state index >= 15 is 0 Å². The molecule has 6 nitrogen and oxygen atoms in total. The van der Waals surface area contributed by atoms with E-state index in [4.69, 9.17) is 24.4 Å². The molecule has 0 bridgehead atoms. The van der Waals surface area contributed by atoms with Gasteiger partial charge in [0.2, 0.25) is 0 Å². The van der Waals surface area contributed by atoms with Crippen LogP contribution >= 0.6 is 0 Å². The number of benzene rings is 1. The molecule has 1 unspecified atom stereocenters. The fourth-order valence-electron chi connectivity index (χ4n) is 4.92. The summed E-state index contributed by atoms with van der Waals surface area (Å²) in [6.07, 6.45) is 7.66. The zero-order valence-corrected chi connectivity index (χ0v) is 23.4. The molecule has 1 aliphatic carbocycles. The Morgan fingerprint density at radius 3 is 2.53 bits per heavy atom. The summed E-state index contributed by atoms with van der Waals surface area (Å²) in [7, 11) is -0.0512. The van der Waals surface area contributed by atoms with Gasteiger partial charge in [-0.1, -0.05) is 39.7 Å². The minimum atomic E-state index is -1.73. The van der Waals surface area contributed by atoms with Gasteiger partial charge in [-0.15, -0.1) is 0 Å². The lowest BCUT2D eigenvalue weighted by molar-refractivity contribution is -0.0313. The highest BCUT2D eigenvalue weighted by molar-refractivity contribution is 6.74. The number of hydrogen-bond donors (Lipinski definition) is 1. The van der Waals surface area contributed by atoms with E-state index in [0.717, 1.165) is 50.5 Å². The van der Waals surface area contributed by atoms with Crippen molar-refractivity contribution in [1.29, 1.82) is 0 Å². The lowest BCUT2D eigenvalue weighted by atomic mass is 9.91. The lowest BCUT2D eigenvalue weighted by Gasteiger charge is -2.40. The van der Waals surface area contributed by atoms with Crippen molar-refractivity contribution in [3.8, 4) is 11.5 Å². The Bertz CT molecular complexity index is 767. The molecule has 0 amide bonds. The van der Waals surface area contributed by atoms with Crippen molar-refractivity contribution in [2.45, 2.75) is 95.7 Å². The van der Waals surface area contributed by atoms with Crippen molar-refractivity contribution in [2.24, 2.45) is 5.73 Å². The maximum Gasteiger partial charge on any atom is 0.192 e. The van der Waals surface area contributed by atoms with Crippen LogP contribution in [-0.2, 0) is 15.6 Å². The summed E-state index contributed by atoms with van der Waals surface area (Å²) in [5, 5.41) is 0.258. The number of rotatable bonds is 11. The highest BCUT2D eigenvalue weighted by atomic mass is 28.4. The second-order valence-electron chi connectivity index (χ2n) is 11.4. The van der Waals surface area contributed by atoms with Gasteiger partial charge < -0.3 is 24.4 Å². The first kappa shape index (κ1) is 27.5. The molecule has 1 aromatic carbocycles.